The fourth-order valence-electron chi connectivity index (χ4n) is 1.62. The van der Waals surface area contributed by atoms with Crippen molar-refractivity contribution in [1.82, 2.24) is 4.98 Å². The zero-order valence-corrected chi connectivity index (χ0v) is 12.0. The second kappa shape index (κ2) is 4.79. The Morgan fingerprint density at radius 1 is 1.22 bits per heavy atom. The lowest BCUT2D eigenvalue weighted by Crippen LogP contribution is -2.23. The van der Waals surface area contributed by atoms with E-state index in [4.69, 9.17) is 9.47 Å². The van der Waals surface area contributed by atoms with Gasteiger partial charge in [-0.3, -0.25) is 4.98 Å². The zero-order chi connectivity index (χ0) is 13.3. The number of pyridine rings is 1. The van der Waals surface area contributed by atoms with Gasteiger partial charge in [-0.05, 0) is 39.5 Å². The first kappa shape index (κ1) is 13.2. The van der Waals surface area contributed by atoms with Crippen molar-refractivity contribution in [2.24, 2.45) is 0 Å². The fourth-order valence-corrected chi connectivity index (χ4v) is 1.62. The van der Waals surface area contributed by atoms with E-state index >= 15 is 0 Å². The summed E-state index contributed by atoms with van der Waals surface area (Å²) in [5.74, 6) is 1.99. The highest BCUT2D eigenvalue weighted by molar-refractivity contribution is 5.40. The lowest BCUT2D eigenvalue weighted by molar-refractivity contribution is 0.122. The van der Waals surface area contributed by atoms with E-state index in [9.17, 15) is 0 Å². The number of nitrogens with zero attached hydrogens (tertiary/aromatic N) is 1. The number of aromatic nitrogens is 1. The second-order valence-electron chi connectivity index (χ2n) is 6.24. The summed E-state index contributed by atoms with van der Waals surface area (Å²) in [6, 6.07) is 2.02. The van der Waals surface area contributed by atoms with E-state index in [1.165, 1.54) is 0 Å². The van der Waals surface area contributed by atoms with E-state index in [1.54, 1.807) is 6.20 Å². The van der Waals surface area contributed by atoms with Crippen LogP contribution >= 0.6 is 0 Å². The molecule has 0 atom stereocenters. The third-order valence-electron chi connectivity index (χ3n) is 2.68. The molecule has 0 N–H and O–H groups in total. The van der Waals surface area contributed by atoms with Gasteiger partial charge in [-0.2, -0.15) is 0 Å². The quantitative estimate of drug-likeness (QED) is 0.810. The van der Waals surface area contributed by atoms with Crippen LogP contribution in [0.4, 0.5) is 0 Å². The average Bonchev–Trinajstić information content (AvgIpc) is 3.02. The van der Waals surface area contributed by atoms with Crippen LogP contribution in [0.1, 0.15) is 59.1 Å². The van der Waals surface area contributed by atoms with Gasteiger partial charge in [-0.15, -0.1) is 0 Å². The molecule has 0 amide bonds. The Labute approximate surface area is 110 Å². The van der Waals surface area contributed by atoms with Crippen molar-refractivity contribution < 1.29 is 9.47 Å². The molecule has 1 aliphatic rings. The van der Waals surface area contributed by atoms with Crippen LogP contribution in [0.2, 0.25) is 0 Å². The molecule has 0 saturated heterocycles. The van der Waals surface area contributed by atoms with Gasteiger partial charge in [0.2, 0.25) is 0 Å². The highest BCUT2D eigenvalue weighted by atomic mass is 16.5. The number of ether oxygens (including phenoxy) is 2. The molecule has 0 bridgehead atoms. The summed E-state index contributed by atoms with van der Waals surface area (Å²) in [6.45, 7) is 10.4. The van der Waals surface area contributed by atoms with E-state index in [0.29, 0.717) is 12.0 Å². The molecule has 0 aliphatic heterocycles. The highest BCUT2D eigenvalue weighted by Crippen LogP contribution is 2.36. The van der Waals surface area contributed by atoms with Crippen LogP contribution in [0.3, 0.4) is 0 Å². The van der Waals surface area contributed by atoms with Crippen molar-refractivity contribution >= 4 is 0 Å². The first-order chi connectivity index (χ1) is 8.35. The van der Waals surface area contributed by atoms with E-state index in [0.717, 1.165) is 30.0 Å². The number of rotatable bonds is 4. The minimum Gasteiger partial charge on any atom is -0.486 e. The van der Waals surface area contributed by atoms with Crippen LogP contribution < -0.4 is 9.47 Å². The van der Waals surface area contributed by atoms with Gasteiger partial charge in [-0.25, -0.2) is 0 Å². The van der Waals surface area contributed by atoms with Gasteiger partial charge >= 0.3 is 0 Å². The van der Waals surface area contributed by atoms with Gasteiger partial charge in [0.15, 0.2) is 11.5 Å². The first-order valence-electron chi connectivity index (χ1n) is 6.71. The predicted molar refractivity (Wildman–Crippen MR) is 72.4 cm³/mol. The van der Waals surface area contributed by atoms with Crippen LogP contribution in [-0.2, 0) is 0 Å². The maximum atomic E-state index is 5.93. The number of hydrogen-bond acceptors (Lipinski definition) is 3. The summed E-state index contributed by atoms with van der Waals surface area (Å²) in [6.07, 6.45) is 4.45. The summed E-state index contributed by atoms with van der Waals surface area (Å²) in [4.78, 5) is 4.45. The summed E-state index contributed by atoms with van der Waals surface area (Å²) in [5.41, 5.74) is 0.815. The predicted octanol–water partition coefficient (Wildman–Crippen LogP) is 3.92. The molecule has 3 nitrogen and oxygen atoms in total. The van der Waals surface area contributed by atoms with Gasteiger partial charge in [0, 0.05) is 11.8 Å². The Morgan fingerprint density at radius 3 is 2.39 bits per heavy atom. The van der Waals surface area contributed by atoms with E-state index in [-0.39, 0.29) is 5.60 Å². The van der Waals surface area contributed by atoms with Gasteiger partial charge in [0.05, 0.1) is 12.3 Å². The van der Waals surface area contributed by atoms with Crippen LogP contribution in [0.5, 0.6) is 11.5 Å². The lowest BCUT2D eigenvalue weighted by atomic mass is 10.1. The van der Waals surface area contributed by atoms with Gasteiger partial charge in [0.1, 0.15) is 5.60 Å². The smallest absolute Gasteiger partial charge is 0.180 e. The van der Waals surface area contributed by atoms with Crippen LogP contribution in [0.15, 0.2) is 12.3 Å². The number of hydrogen-bond donors (Lipinski definition) is 0. The molecule has 0 unspecified atom stereocenters. The maximum Gasteiger partial charge on any atom is 0.180 e. The Balaban J connectivity index is 2.25. The first-order valence-corrected chi connectivity index (χ1v) is 6.71. The molecule has 1 aromatic heterocycles. The molecule has 100 valence electrons. The van der Waals surface area contributed by atoms with Crippen molar-refractivity contribution in [2.45, 2.75) is 65.1 Å². The summed E-state index contributed by atoms with van der Waals surface area (Å²) in [7, 11) is 0. The SMILES string of the molecule is CC(C)c1cc(OC2CC2)c(OC(C)(C)C)cn1. The molecular formula is C15H23NO2. The monoisotopic (exact) mass is 249 g/mol. The zero-order valence-electron chi connectivity index (χ0n) is 12.0. The largest absolute Gasteiger partial charge is 0.486 e. The minimum atomic E-state index is -0.233. The molecule has 1 fully saturated rings. The van der Waals surface area contributed by atoms with Gasteiger partial charge < -0.3 is 9.47 Å². The van der Waals surface area contributed by atoms with Crippen molar-refractivity contribution in [1.29, 1.82) is 0 Å². The van der Waals surface area contributed by atoms with Crippen LogP contribution in [0.25, 0.3) is 0 Å². The molecule has 0 radical (unpaired) electrons. The van der Waals surface area contributed by atoms with Crippen LogP contribution in [0, 0.1) is 0 Å². The lowest BCUT2D eigenvalue weighted by Gasteiger charge is -2.23. The molecule has 1 aromatic rings. The third kappa shape index (κ3) is 3.62. The van der Waals surface area contributed by atoms with Crippen molar-refractivity contribution in [2.75, 3.05) is 0 Å². The molecule has 0 aromatic carbocycles. The molecule has 0 spiro atoms. The average molecular weight is 249 g/mol. The Kier molecular flexibility index (Phi) is 3.51. The minimum absolute atomic E-state index is 0.233. The highest BCUT2D eigenvalue weighted by Gasteiger charge is 2.26. The molecule has 18 heavy (non-hydrogen) atoms. The molecule has 2 rings (SSSR count). The van der Waals surface area contributed by atoms with Crippen LogP contribution in [-0.4, -0.2) is 16.7 Å². The second-order valence-corrected chi connectivity index (χ2v) is 6.24. The molecule has 1 heterocycles. The van der Waals surface area contributed by atoms with Crippen molar-refractivity contribution in [3.05, 3.63) is 18.0 Å². The van der Waals surface area contributed by atoms with Crippen molar-refractivity contribution in [3.8, 4) is 11.5 Å². The van der Waals surface area contributed by atoms with Gasteiger partial charge in [0.25, 0.3) is 0 Å². The van der Waals surface area contributed by atoms with Gasteiger partial charge in [-0.1, -0.05) is 13.8 Å². The summed E-state index contributed by atoms with van der Waals surface area (Å²) < 4.78 is 11.8. The third-order valence-corrected chi connectivity index (χ3v) is 2.68. The summed E-state index contributed by atoms with van der Waals surface area (Å²) >= 11 is 0. The summed E-state index contributed by atoms with van der Waals surface area (Å²) in [5, 5.41) is 0. The van der Waals surface area contributed by atoms with Crippen molar-refractivity contribution in [3.63, 3.8) is 0 Å². The Hall–Kier alpha value is -1.25. The Morgan fingerprint density at radius 2 is 1.89 bits per heavy atom. The molecule has 1 aliphatic carbocycles. The Bertz CT molecular complexity index is 417. The van der Waals surface area contributed by atoms with E-state index in [2.05, 4.69) is 18.8 Å². The topological polar surface area (TPSA) is 31.4 Å². The molecule has 1 saturated carbocycles. The standard InChI is InChI=1S/C15H23NO2/c1-10(2)12-8-13(17-11-6-7-11)14(9-16-12)18-15(3,4)5/h8-11H,6-7H2,1-5H3. The van der Waals surface area contributed by atoms with E-state index in [1.807, 2.05) is 26.8 Å². The molecule has 3 heteroatoms. The normalized spacial score (nSPS) is 15.9. The fraction of sp³-hybridized carbons (Fsp3) is 0.667. The molecular weight excluding hydrogens is 226 g/mol. The maximum absolute atomic E-state index is 5.93. The van der Waals surface area contributed by atoms with E-state index < -0.39 is 0 Å².